The number of allylic oxidation sites excluding steroid dienone is 1. The van der Waals surface area contributed by atoms with Crippen LogP contribution in [0.1, 0.15) is 5.56 Å². The van der Waals surface area contributed by atoms with Crippen LogP contribution in [0.4, 0.5) is 10.1 Å². The molecule has 134 valence electrons. The molecule has 1 N–H and O–H groups in total. The molecule has 2 heterocycles. The number of nitrogens with one attached hydrogen (secondary N) is 1. The Bertz CT molecular complexity index is 1100. The smallest absolute Gasteiger partial charge is 0.264 e. The molecule has 0 saturated carbocycles. The molecule has 4 rings (SSSR count). The first kappa shape index (κ1) is 17.3. The van der Waals surface area contributed by atoms with Crippen molar-refractivity contribution in [1.82, 2.24) is 9.88 Å². The number of rotatable bonds is 4. The lowest BCUT2D eigenvalue weighted by molar-refractivity contribution is -0.115. The Morgan fingerprint density at radius 1 is 1.19 bits per heavy atom. The van der Waals surface area contributed by atoms with Crippen molar-refractivity contribution in [2.24, 2.45) is 4.99 Å². The quantitative estimate of drug-likeness (QED) is 0.521. The van der Waals surface area contributed by atoms with Gasteiger partial charge in [-0.25, -0.2) is 9.38 Å². The Morgan fingerprint density at radius 2 is 1.96 bits per heavy atom. The maximum atomic E-state index is 13.0. The number of amidine groups is 1. The van der Waals surface area contributed by atoms with Crippen molar-refractivity contribution in [3.63, 3.8) is 0 Å². The van der Waals surface area contributed by atoms with Crippen LogP contribution in [-0.2, 0) is 11.3 Å². The lowest BCUT2D eigenvalue weighted by Gasteiger charge is -1.98. The first-order chi connectivity index (χ1) is 13.1. The molecule has 0 spiro atoms. The van der Waals surface area contributed by atoms with Crippen LogP contribution < -0.4 is 5.32 Å². The van der Waals surface area contributed by atoms with Gasteiger partial charge in [-0.2, -0.15) is 0 Å². The highest BCUT2D eigenvalue weighted by Gasteiger charge is 2.24. The molecule has 1 aliphatic rings. The SMILES string of the molecule is C=CCn1cc(/C=C2/SC(=Nc3ccc(F)cc3)NC2=O)c2ccccc21. The average Bonchev–Trinajstić information content (AvgIpc) is 3.19. The molecule has 0 unspecified atom stereocenters. The summed E-state index contributed by atoms with van der Waals surface area (Å²) in [5, 5.41) is 4.31. The zero-order chi connectivity index (χ0) is 18.8. The summed E-state index contributed by atoms with van der Waals surface area (Å²) in [7, 11) is 0. The number of fused-ring (bicyclic) bond motifs is 1. The Labute approximate surface area is 160 Å². The number of thioether (sulfide) groups is 1. The molecule has 2 aromatic carbocycles. The normalized spacial score (nSPS) is 17.0. The monoisotopic (exact) mass is 377 g/mol. The van der Waals surface area contributed by atoms with Crippen molar-refractivity contribution in [3.05, 3.63) is 83.7 Å². The molecule has 0 bridgehead atoms. The van der Waals surface area contributed by atoms with Crippen LogP contribution >= 0.6 is 11.8 Å². The minimum absolute atomic E-state index is 0.193. The summed E-state index contributed by atoms with van der Waals surface area (Å²) < 4.78 is 15.1. The Balaban J connectivity index is 1.67. The van der Waals surface area contributed by atoms with Crippen LogP contribution in [0.3, 0.4) is 0 Å². The fourth-order valence-corrected chi connectivity index (χ4v) is 3.77. The molecule has 0 radical (unpaired) electrons. The van der Waals surface area contributed by atoms with Crippen LogP contribution in [-0.4, -0.2) is 15.6 Å². The van der Waals surface area contributed by atoms with Gasteiger partial charge in [0.05, 0.1) is 10.6 Å². The number of benzene rings is 2. The summed E-state index contributed by atoms with van der Waals surface area (Å²) in [5.74, 6) is -0.514. The molecule has 1 amide bonds. The summed E-state index contributed by atoms with van der Waals surface area (Å²) in [6.07, 6.45) is 5.73. The van der Waals surface area contributed by atoms with E-state index in [1.54, 1.807) is 12.1 Å². The zero-order valence-corrected chi connectivity index (χ0v) is 15.2. The molecule has 27 heavy (non-hydrogen) atoms. The van der Waals surface area contributed by atoms with Crippen LogP contribution in [0, 0.1) is 5.82 Å². The maximum Gasteiger partial charge on any atom is 0.264 e. The number of aromatic nitrogens is 1. The van der Waals surface area contributed by atoms with Crippen molar-refractivity contribution >= 4 is 45.5 Å². The number of carbonyl (C=O) groups excluding carboxylic acids is 1. The van der Waals surface area contributed by atoms with E-state index in [0.29, 0.717) is 22.3 Å². The molecule has 3 aromatic rings. The van der Waals surface area contributed by atoms with Gasteiger partial charge in [0.1, 0.15) is 5.82 Å². The summed E-state index contributed by atoms with van der Waals surface area (Å²) in [6.45, 7) is 4.49. The van der Waals surface area contributed by atoms with Crippen LogP contribution in [0.25, 0.3) is 17.0 Å². The van der Waals surface area contributed by atoms with Crippen LogP contribution in [0.2, 0.25) is 0 Å². The molecule has 6 heteroatoms. The summed E-state index contributed by atoms with van der Waals surface area (Å²) in [6, 6.07) is 13.9. The molecule has 0 atom stereocenters. The van der Waals surface area contributed by atoms with Gasteiger partial charge in [-0.15, -0.1) is 6.58 Å². The lowest BCUT2D eigenvalue weighted by atomic mass is 10.1. The third-order valence-electron chi connectivity index (χ3n) is 4.14. The first-order valence-electron chi connectivity index (χ1n) is 8.38. The third-order valence-corrected chi connectivity index (χ3v) is 5.05. The number of carbonyl (C=O) groups is 1. The molecule has 1 saturated heterocycles. The molecular weight excluding hydrogens is 361 g/mol. The molecular formula is C21H16FN3OS. The number of amides is 1. The van der Waals surface area contributed by atoms with Gasteiger partial charge < -0.3 is 9.88 Å². The molecule has 0 aliphatic carbocycles. The largest absolute Gasteiger partial charge is 0.343 e. The highest BCUT2D eigenvalue weighted by Crippen LogP contribution is 2.31. The van der Waals surface area contributed by atoms with Crippen LogP contribution in [0.15, 0.2) is 77.3 Å². The van der Waals surface area contributed by atoms with Crippen molar-refractivity contribution in [3.8, 4) is 0 Å². The van der Waals surface area contributed by atoms with Gasteiger partial charge in [-0.1, -0.05) is 24.3 Å². The van der Waals surface area contributed by atoms with E-state index in [0.717, 1.165) is 16.5 Å². The summed E-state index contributed by atoms with van der Waals surface area (Å²) in [5.41, 5.74) is 2.64. The highest BCUT2D eigenvalue weighted by molar-refractivity contribution is 8.18. The van der Waals surface area contributed by atoms with E-state index in [2.05, 4.69) is 21.5 Å². The number of nitrogens with zero attached hydrogens (tertiary/aromatic N) is 2. The van der Waals surface area contributed by atoms with Crippen molar-refractivity contribution < 1.29 is 9.18 Å². The van der Waals surface area contributed by atoms with E-state index < -0.39 is 0 Å². The first-order valence-corrected chi connectivity index (χ1v) is 9.19. The number of para-hydroxylation sites is 1. The average molecular weight is 377 g/mol. The number of hydrogen-bond donors (Lipinski definition) is 1. The van der Waals surface area contributed by atoms with E-state index in [9.17, 15) is 9.18 Å². The van der Waals surface area contributed by atoms with E-state index >= 15 is 0 Å². The Morgan fingerprint density at radius 3 is 2.74 bits per heavy atom. The zero-order valence-electron chi connectivity index (χ0n) is 14.4. The molecule has 1 aromatic heterocycles. The van der Waals surface area contributed by atoms with E-state index in [1.165, 1.54) is 23.9 Å². The second-order valence-electron chi connectivity index (χ2n) is 6.00. The molecule has 1 fully saturated rings. The number of halogens is 1. The minimum Gasteiger partial charge on any atom is -0.343 e. The predicted octanol–water partition coefficient (Wildman–Crippen LogP) is 4.86. The standard InChI is InChI=1S/C21H16FN3OS/c1-2-11-25-13-14(17-5-3-4-6-18(17)25)12-19-20(26)24-21(27-19)23-16-9-7-15(22)8-10-16/h2-10,12-13H,1,11H2,(H,23,24,26)/b19-12+. The van der Waals surface area contributed by atoms with E-state index in [1.807, 2.05) is 42.6 Å². The molecule has 1 aliphatic heterocycles. The second-order valence-corrected chi connectivity index (χ2v) is 7.03. The third kappa shape index (κ3) is 3.57. The molecule has 4 nitrogen and oxygen atoms in total. The van der Waals surface area contributed by atoms with E-state index in [4.69, 9.17) is 0 Å². The highest BCUT2D eigenvalue weighted by atomic mass is 32.2. The van der Waals surface area contributed by atoms with Gasteiger partial charge in [0.25, 0.3) is 5.91 Å². The number of aliphatic imine (C=N–C) groups is 1. The minimum atomic E-state index is -0.321. The fraction of sp³-hybridized carbons (Fsp3) is 0.0476. The predicted molar refractivity (Wildman–Crippen MR) is 109 cm³/mol. The Kier molecular flexibility index (Phi) is 4.64. The van der Waals surface area contributed by atoms with Gasteiger partial charge >= 0.3 is 0 Å². The van der Waals surface area contributed by atoms with E-state index in [-0.39, 0.29) is 11.7 Å². The van der Waals surface area contributed by atoms with Gasteiger partial charge in [-0.3, -0.25) is 4.79 Å². The second kappa shape index (κ2) is 7.25. The van der Waals surface area contributed by atoms with Crippen LogP contribution in [0.5, 0.6) is 0 Å². The fourth-order valence-electron chi connectivity index (χ4n) is 2.93. The van der Waals surface area contributed by atoms with Gasteiger partial charge in [0.2, 0.25) is 0 Å². The van der Waals surface area contributed by atoms with Crippen molar-refractivity contribution in [2.75, 3.05) is 0 Å². The topological polar surface area (TPSA) is 46.4 Å². The maximum absolute atomic E-state index is 13.0. The van der Waals surface area contributed by atoms with Crippen molar-refractivity contribution in [2.45, 2.75) is 6.54 Å². The van der Waals surface area contributed by atoms with Gasteiger partial charge in [-0.05, 0) is 48.2 Å². The summed E-state index contributed by atoms with van der Waals surface area (Å²) >= 11 is 1.27. The number of hydrogen-bond acceptors (Lipinski definition) is 3. The van der Waals surface area contributed by atoms with Crippen molar-refractivity contribution in [1.29, 1.82) is 0 Å². The van der Waals surface area contributed by atoms with Gasteiger partial charge in [0, 0.05) is 29.2 Å². The Hall–Kier alpha value is -3.12. The lowest BCUT2D eigenvalue weighted by Crippen LogP contribution is -2.19. The summed E-state index contributed by atoms with van der Waals surface area (Å²) in [4.78, 5) is 17.3. The van der Waals surface area contributed by atoms with Gasteiger partial charge in [0.15, 0.2) is 5.17 Å².